The first-order valence-corrected chi connectivity index (χ1v) is 4.11. The fourth-order valence-electron chi connectivity index (χ4n) is 0.800. The van der Waals surface area contributed by atoms with Gasteiger partial charge in [0.05, 0.1) is 16.1 Å². The fraction of sp³-hybridized carbons (Fsp3) is 0.125. The normalized spacial score (nSPS) is 9.42. The van der Waals surface area contributed by atoms with Crippen molar-refractivity contribution in [2.24, 2.45) is 0 Å². The van der Waals surface area contributed by atoms with E-state index in [4.69, 9.17) is 5.11 Å². The number of carboxylic acids is 1. The van der Waals surface area contributed by atoms with Gasteiger partial charge in [-0.2, -0.15) is 0 Å². The number of carboxylic acid groups (broad SMARTS) is 1. The lowest BCUT2D eigenvalue weighted by Gasteiger charge is -2.12. The third-order valence-corrected chi connectivity index (χ3v) is 1.97. The second kappa shape index (κ2) is 4.11. The van der Waals surface area contributed by atoms with Gasteiger partial charge < -0.3 is 5.11 Å². The van der Waals surface area contributed by atoms with Crippen molar-refractivity contribution in [3.63, 3.8) is 0 Å². The van der Waals surface area contributed by atoms with Crippen LogP contribution in [0.3, 0.4) is 0 Å². The van der Waals surface area contributed by atoms with Crippen molar-refractivity contribution < 1.29 is 9.90 Å². The first-order chi connectivity index (χ1) is 5.70. The number of carbonyl (C=O) groups is 1. The summed E-state index contributed by atoms with van der Waals surface area (Å²) in [6.45, 7) is -0.0516. The number of benzene rings is 1. The van der Waals surface area contributed by atoms with Crippen molar-refractivity contribution in [2.45, 2.75) is 0 Å². The number of nitrogens with zero attached hydrogens (tertiary/aromatic N) is 1. The van der Waals surface area contributed by atoms with Crippen molar-refractivity contribution in [1.82, 2.24) is 0 Å². The van der Waals surface area contributed by atoms with Crippen molar-refractivity contribution in [3.05, 3.63) is 30.3 Å². The molecular weight excluding hydrogens is 222 g/mol. The first-order valence-electron chi connectivity index (χ1n) is 3.40. The maximum atomic E-state index is 10.3. The quantitative estimate of drug-likeness (QED) is 0.806. The third kappa shape index (κ3) is 2.54. The van der Waals surface area contributed by atoms with Crippen LogP contribution in [0.25, 0.3) is 0 Å². The maximum absolute atomic E-state index is 10.3. The highest BCUT2D eigenvalue weighted by Crippen LogP contribution is 2.15. The second-order valence-corrected chi connectivity index (χ2v) is 3.11. The molecule has 0 aliphatic rings. The van der Waals surface area contributed by atoms with Crippen LogP contribution in [0, 0.1) is 0 Å². The van der Waals surface area contributed by atoms with Crippen LogP contribution >= 0.6 is 16.1 Å². The average molecular weight is 230 g/mol. The highest BCUT2D eigenvalue weighted by Gasteiger charge is 2.05. The minimum absolute atomic E-state index is 0.0516. The highest BCUT2D eigenvalue weighted by atomic mass is 79.9. The molecule has 1 aromatic rings. The van der Waals surface area contributed by atoms with Gasteiger partial charge in [0.25, 0.3) is 0 Å². The van der Waals surface area contributed by atoms with Gasteiger partial charge in [-0.3, -0.25) is 8.72 Å². The van der Waals surface area contributed by atoms with E-state index in [0.29, 0.717) is 0 Å². The Balaban J connectivity index is 2.65. The molecule has 0 aliphatic heterocycles. The minimum atomic E-state index is -0.865. The van der Waals surface area contributed by atoms with E-state index in [9.17, 15) is 4.79 Å². The summed E-state index contributed by atoms with van der Waals surface area (Å²) in [5.41, 5.74) is 0.833. The zero-order chi connectivity index (χ0) is 8.97. The molecule has 0 radical (unpaired) electrons. The molecule has 0 aliphatic carbocycles. The van der Waals surface area contributed by atoms with E-state index in [0.717, 1.165) is 5.69 Å². The lowest BCUT2D eigenvalue weighted by atomic mass is 10.3. The number of para-hydroxylation sites is 1. The number of halogens is 1. The zero-order valence-corrected chi connectivity index (χ0v) is 7.86. The lowest BCUT2D eigenvalue weighted by Crippen LogP contribution is -2.19. The summed E-state index contributed by atoms with van der Waals surface area (Å²) in [4.78, 5) is 10.3. The molecule has 0 fully saturated rings. The highest BCUT2D eigenvalue weighted by molar-refractivity contribution is 9.10. The van der Waals surface area contributed by atoms with Crippen LogP contribution in [0.2, 0.25) is 0 Å². The summed E-state index contributed by atoms with van der Waals surface area (Å²) in [6, 6.07) is 9.25. The Bertz CT molecular complexity index is 263. The molecule has 4 heteroatoms. The van der Waals surface area contributed by atoms with Gasteiger partial charge in [-0.05, 0) is 12.1 Å². The van der Waals surface area contributed by atoms with Gasteiger partial charge in [0, 0.05) is 5.69 Å². The van der Waals surface area contributed by atoms with Crippen LogP contribution < -0.4 is 3.93 Å². The Morgan fingerprint density at radius 1 is 1.42 bits per heavy atom. The molecular formula is C8H8BrNO2. The molecule has 0 atom stereocenters. The Hall–Kier alpha value is -1.03. The Labute approximate surface area is 79.0 Å². The van der Waals surface area contributed by atoms with E-state index in [1.165, 1.54) is 3.93 Å². The number of anilines is 1. The van der Waals surface area contributed by atoms with Crippen LogP contribution in [0.4, 0.5) is 5.69 Å². The van der Waals surface area contributed by atoms with Gasteiger partial charge in [0.15, 0.2) is 0 Å². The number of hydrogen-bond donors (Lipinski definition) is 1. The van der Waals surface area contributed by atoms with Gasteiger partial charge in [0.1, 0.15) is 6.54 Å². The van der Waals surface area contributed by atoms with E-state index in [1.807, 2.05) is 30.3 Å². The molecule has 0 unspecified atom stereocenters. The largest absolute Gasteiger partial charge is 0.480 e. The molecule has 0 spiro atoms. The molecule has 12 heavy (non-hydrogen) atoms. The van der Waals surface area contributed by atoms with Gasteiger partial charge >= 0.3 is 5.97 Å². The summed E-state index contributed by atoms with van der Waals surface area (Å²) in [7, 11) is 0. The first kappa shape index (κ1) is 9.06. The number of rotatable bonds is 3. The molecule has 3 nitrogen and oxygen atoms in total. The Morgan fingerprint density at radius 3 is 2.50 bits per heavy atom. The van der Waals surface area contributed by atoms with E-state index in [1.54, 1.807) is 0 Å². The van der Waals surface area contributed by atoms with E-state index < -0.39 is 5.97 Å². The molecule has 0 amide bonds. The van der Waals surface area contributed by atoms with Crippen molar-refractivity contribution in [3.8, 4) is 0 Å². The molecule has 0 aromatic heterocycles. The summed E-state index contributed by atoms with van der Waals surface area (Å²) in [5, 5.41) is 8.47. The SMILES string of the molecule is O=C(O)CN(Br)c1ccccc1. The average Bonchev–Trinajstić information content (AvgIpc) is 2.05. The standard InChI is InChI=1S/C8H8BrNO2/c9-10(6-8(11)12)7-4-2-1-3-5-7/h1-5H,6H2,(H,11,12). The molecule has 1 rings (SSSR count). The lowest BCUT2D eigenvalue weighted by molar-refractivity contribution is -0.135. The van der Waals surface area contributed by atoms with E-state index in [2.05, 4.69) is 16.1 Å². The monoisotopic (exact) mass is 229 g/mol. The summed E-state index contributed by atoms with van der Waals surface area (Å²) in [5.74, 6) is -0.865. The number of aliphatic carboxylic acids is 1. The van der Waals surface area contributed by atoms with Crippen molar-refractivity contribution in [1.29, 1.82) is 0 Å². The van der Waals surface area contributed by atoms with E-state index >= 15 is 0 Å². The predicted octanol–water partition coefficient (Wildman–Crippen LogP) is 1.89. The smallest absolute Gasteiger partial charge is 0.324 e. The van der Waals surface area contributed by atoms with Crippen LogP contribution in [0.5, 0.6) is 0 Å². The van der Waals surface area contributed by atoms with Crippen LogP contribution in [0.1, 0.15) is 0 Å². The molecule has 0 bridgehead atoms. The second-order valence-electron chi connectivity index (χ2n) is 2.25. The molecule has 1 aromatic carbocycles. The van der Waals surface area contributed by atoms with E-state index in [-0.39, 0.29) is 6.54 Å². The van der Waals surface area contributed by atoms with Gasteiger partial charge in [-0.25, -0.2) is 0 Å². The molecule has 0 saturated carbocycles. The summed E-state index contributed by atoms with van der Waals surface area (Å²) in [6.07, 6.45) is 0. The van der Waals surface area contributed by atoms with Gasteiger partial charge in [-0.1, -0.05) is 18.2 Å². The Kier molecular flexibility index (Phi) is 3.10. The molecule has 0 saturated heterocycles. The summed E-state index contributed by atoms with van der Waals surface area (Å²) < 4.78 is 1.50. The zero-order valence-electron chi connectivity index (χ0n) is 6.27. The maximum Gasteiger partial charge on any atom is 0.324 e. The van der Waals surface area contributed by atoms with Crippen LogP contribution in [0.15, 0.2) is 30.3 Å². The predicted molar refractivity (Wildman–Crippen MR) is 50.4 cm³/mol. The fourth-order valence-corrected chi connectivity index (χ4v) is 1.25. The van der Waals surface area contributed by atoms with Crippen LogP contribution in [-0.4, -0.2) is 17.6 Å². The molecule has 1 N–H and O–H groups in total. The topological polar surface area (TPSA) is 40.5 Å². The third-order valence-electron chi connectivity index (χ3n) is 1.31. The Morgan fingerprint density at radius 2 is 2.00 bits per heavy atom. The summed E-state index contributed by atoms with van der Waals surface area (Å²) >= 11 is 3.14. The van der Waals surface area contributed by atoms with Crippen molar-refractivity contribution >= 4 is 27.8 Å². The van der Waals surface area contributed by atoms with Crippen LogP contribution in [-0.2, 0) is 4.79 Å². The molecule has 0 heterocycles. The van der Waals surface area contributed by atoms with Gasteiger partial charge in [-0.15, -0.1) is 0 Å². The van der Waals surface area contributed by atoms with Gasteiger partial charge in [0.2, 0.25) is 0 Å². The minimum Gasteiger partial charge on any atom is -0.480 e. The molecule has 64 valence electrons. The number of hydrogen-bond acceptors (Lipinski definition) is 2. The van der Waals surface area contributed by atoms with Crippen molar-refractivity contribution in [2.75, 3.05) is 10.5 Å².